The smallest absolute Gasteiger partial charge is 0.358 e. The van der Waals surface area contributed by atoms with Gasteiger partial charge in [0.1, 0.15) is 5.82 Å². The molecule has 1 aromatic carbocycles. The maximum Gasteiger partial charge on any atom is 0.358 e. The Morgan fingerprint density at radius 2 is 2.15 bits per heavy atom. The largest absolute Gasteiger partial charge is 0.464 e. The van der Waals surface area contributed by atoms with E-state index in [2.05, 4.69) is 14.7 Å². The SMILES string of the molecule is COC(=O)c1cnc(N(C)Cc2cccc(Cl)c2)cn1. The lowest BCUT2D eigenvalue weighted by atomic mass is 10.2. The molecule has 0 unspecified atom stereocenters. The van der Waals surface area contributed by atoms with Crippen LogP contribution in [0, 0.1) is 0 Å². The van der Waals surface area contributed by atoms with Crippen LogP contribution in [0.1, 0.15) is 16.1 Å². The van der Waals surface area contributed by atoms with Crippen molar-refractivity contribution in [2.24, 2.45) is 0 Å². The number of esters is 1. The van der Waals surface area contributed by atoms with Gasteiger partial charge in [-0.2, -0.15) is 0 Å². The fourth-order valence-electron chi connectivity index (χ4n) is 1.72. The molecule has 0 aliphatic rings. The van der Waals surface area contributed by atoms with E-state index in [0.29, 0.717) is 17.4 Å². The summed E-state index contributed by atoms with van der Waals surface area (Å²) in [5, 5.41) is 0.697. The summed E-state index contributed by atoms with van der Waals surface area (Å²) >= 11 is 5.95. The number of nitrogens with zero attached hydrogens (tertiary/aromatic N) is 3. The normalized spacial score (nSPS) is 10.2. The molecule has 0 aliphatic heterocycles. The van der Waals surface area contributed by atoms with E-state index in [9.17, 15) is 4.79 Å². The van der Waals surface area contributed by atoms with Crippen molar-refractivity contribution in [2.45, 2.75) is 6.54 Å². The summed E-state index contributed by atoms with van der Waals surface area (Å²) in [6, 6.07) is 7.61. The predicted molar refractivity (Wildman–Crippen MR) is 76.9 cm³/mol. The van der Waals surface area contributed by atoms with Crippen LogP contribution < -0.4 is 4.90 Å². The topological polar surface area (TPSA) is 55.3 Å². The average Bonchev–Trinajstić information content (AvgIpc) is 2.46. The molecule has 2 aromatic rings. The molecule has 0 fully saturated rings. The number of rotatable bonds is 4. The van der Waals surface area contributed by atoms with Crippen LogP contribution in [0.3, 0.4) is 0 Å². The van der Waals surface area contributed by atoms with E-state index in [1.54, 1.807) is 0 Å². The van der Waals surface area contributed by atoms with Crippen LogP contribution in [-0.4, -0.2) is 30.1 Å². The molecule has 0 saturated heterocycles. The van der Waals surface area contributed by atoms with E-state index in [-0.39, 0.29) is 5.69 Å². The van der Waals surface area contributed by atoms with E-state index in [1.165, 1.54) is 19.5 Å². The van der Waals surface area contributed by atoms with Gasteiger partial charge in [-0.1, -0.05) is 23.7 Å². The highest BCUT2D eigenvalue weighted by Crippen LogP contribution is 2.15. The zero-order chi connectivity index (χ0) is 14.5. The molecule has 6 heteroatoms. The van der Waals surface area contributed by atoms with E-state index in [4.69, 9.17) is 11.6 Å². The first kappa shape index (κ1) is 14.3. The van der Waals surface area contributed by atoms with Gasteiger partial charge in [0.25, 0.3) is 0 Å². The van der Waals surface area contributed by atoms with Crippen LogP contribution in [0.25, 0.3) is 0 Å². The third-order valence-corrected chi connectivity index (χ3v) is 2.97. The number of methoxy groups -OCH3 is 1. The number of halogens is 1. The van der Waals surface area contributed by atoms with Crippen LogP contribution in [0.15, 0.2) is 36.7 Å². The fraction of sp³-hybridized carbons (Fsp3) is 0.214. The Morgan fingerprint density at radius 3 is 2.75 bits per heavy atom. The van der Waals surface area contributed by atoms with E-state index < -0.39 is 5.97 Å². The van der Waals surface area contributed by atoms with Gasteiger partial charge in [-0.15, -0.1) is 0 Å². The highest BCUT2D eigenvalue weighted by Gasteiger charge is 2.09. The molecule has 5 nitrogen and oxygen atoms in total. The van der Waals surface area contributed by atoms with Gasteiger partial charge in [0.15, 0.2) is 5.69 Å². The van der Waals surface area contributed by atoms with E-state index in [1.807, 2.05) is 36.2 Å². The van der Waals surface area contributed by atoms with Gasteiger partial charge in [-0.3, -0.25) is 0 Å². The van der Waals surface area contributed by atoms with Crippen molar-refractivity contribution < 1.29 is 9.53 Å². The maximum atomic E-state index is 11.3. The highest BCUT2D eigenvalue weighted by molar-refractivity contribution is 6.30. The third-order valence-electron chi connectivity index (χ3n) is 2.73. The Hall–Kier alpha value is -2.14. The minimum atomic E-state index is -0.499. The second kappa shape index (κ2) is 6.34. The number of aromatic nitrogens is 2. The molecule has 0 N–H and O–H groups in total. The zero-order valence-electron chi connectivity index (χ0n) is 11.2. The standard InChI is InChI=1S/C14H14ClN3O2/c1-18(9-10-4-3-5-11(15)6-10)13-8-16-12(7-17-13)14(19)20-2/h3-8H,9H2,1-2H3. The molecule has 20 heavy (non-hydrogen) atoms. The molecule has 1 aromatic heterocycles. The highest BCUT2D eigenvalue weighted by atomic mass is 35.5. The van der Waals surface area contributed by atoms with Crippen molar-refractivity contribution in [3.8, 4) is 0 Å². The van der Waals surface area contributed by atoms with Crippen molar-refractivity contribution >= 4 is 23.4 Å². The zero-order valence-corrected chi connectivity index (χ0v) is 12.0. The van der Waals surface area contributed by atoms with E-state index in [0.717, 1.165) is 5.56 Å². The summed E-state index contributed by atoms with van der Waals surface area (Å²) in [7, 11) is 3.20. The van der Waals surface area contributed by atoms with Crippen molar-refractivity contribution in [2.75, 3.05) is 19.1 Å². The number of ether oxygens (including phenoxy) is 1. The minimum absolute atomic E-state index is 0.187. The monoisotopic (exact) mass is 291 g/mol. The average molecular weight is 292 g/mol. The van der Waals surface area contributed by atoms with Crippen molar-refractivity contribution in [1.29, 1.82) is 0 Å². The molecule has 0 saturated carbocycles. The predicted octanol–water partition coefficient (Wildman–Crippen LogP) is 2.55. The number of benzene rings is 1. The van der Waals surface area contributed by atoms with Crippen molar-refractivity contribution in [3.63, 3.8) is 0 Å². The van der Waals surface area contributed by atoms with Gasteiger partial charge in [-0.25, -0.2) is 14.8 Å². The Balaban J connectivity index is 2.09. The molecular weight excluding hydrogens is 278 g/mol. The third kappa shape index (κ3) is 3.45. The molecule has 0 atom stereocenters. The van der Waals surface area contributed by atoms with Crippen LogP contribution >= 0.6 is 11.6 Å². The van der Waals surface area contributed by atoms with Crippen LogP contribution in [0.4, 0.5) is 5.82 Å². The number of hydrogen-bond acceptors (Lipinski definition) is 5. The van der Waals surface area contributed by atoms with Gasteiger partial charge in [0.2, 0.25) is 0 Å². The molecule has 0 bridgehead atoms. The van der Waals surface area contributed by atoms with Gasteiger partial charge in [-0.05, 0) is 17.7 Å². The lowest BCUT2D eigenvalue weighted by molar-refractivity contribution is 0.0593. The molecule has 0 aliphatic carbocycles. The Kier molecular flexibility index (Phi) is 4.53. The van der Waals surface area contributed by atoms with Crippen molar-refractivity contribution in [1.82, 2.24) is 9.97 Å². The fourth-order valence-corrected chi connectivity index (χ4v) is 1.93. The number of hydrogen-bond donors (Lipinski definition) is 0. The van der Waals surface area contributed by atoms with Crippen LogP contribution in [-0.2, 0) is 11.3 Å². The summed E-state index contributed by atoms with van der Waals surface area (Å²) in [6.45, 7) is 0.646. The summed E-state index contributed by atoms with van der Waals surface area (Å²) in [4.78, 5) is 21.4. The number of carbonyl (C=O) groups excluding carboxylic acids is 1. The molecule has 0 radical (unpaired) electrons. The van der Waals surface area contributed by atoms with Crippen molar-refractivity contribution in [3.05, 3.63) is 52.9 Å². The molecule has 2 rings (SSSR count). The summed E-state index contributed by atoms with van der Waals surface area (Å²) in [5.41, 5.74) is 1.26. The van der Waals surface area contributed by atoms with Gasteiger partial charge in [0.05, 0.1) is 19.5 Å². The van der Waals surface area contributed by atoms with E-state index >= 15 is 0 Å². The Labute approximate surface area is 122 Å². The summed E-state index contributed by atoms with van der Waals surface area (Å²) in [5.74, 6) is 0.166. The second-order valence-electron chi connectivity index (χ2n) is 4.24. The molecule has 1 heterocycles. The van der Waals surface area contributed by atoms with Crippen LogP contribution in [0.5, 0.6) is 0 Å². The van der Waals surface area contributed by atoms with Gasteiger partial charge >= 0.3 is 5.97 Å². The first-order valence-corrected chi connectivity index (χ1v) is 6.34. The van der Waals surface area contributed by atoms with Gasteiger partial charge in [0, 0.05) is 18.6 Å². The Morgan fingerprint density at radius 1 is 1.35 bits per heavy atom. The summed E-state index contributed by atoms with van der Waals surface area (Å²) < 4.78 is 4.58. The summed E-state index contributed by atoms with van der Waals surface area (Å²) in [6.07, 6.45) is 2.94. The minimum Gasteiger partial charge on any atom is -0.464 e. The lowest BCUT2D eigenvalue weighted by Gasteiger charge is -2.17. The molecule has 0 spiro atoms. The number of carbonyl (C=O) groups is 1. The lowest BCUT2D eigenvalue weighted by Crippen LogP contribution is -2.18. The maximum absolute atomic E-state index is 11.3. The first-order chi connectivity index (χ1) is 9.60. The van der Waals surface area contributed by atoms with Gasteiger partial charge < -0.3 is 9.64 Å². The second-order valence-corrected chi connectivity index (χ2v) is 4.67. The molecular formula is C14H14ClN3O2. The first-order valence-electron chi connectivity index (χ1n) is 5.96. The molecule has 0 amide bonds. The van der Waals surface area contributed by atoms with Crippen LogP contribution in [0.2, 0.25) is 5.02 Å². The quantitative estimate of drug-likeness (QED) is 0.810. The number of anilines is 1. The Bertz CT molecular complexity index is 602. The molecule has 104 valence electrons.